The number of aliphatic hydroxyl groups is 2. The average Bonchev–Trinajstić information content (AvgIpc) is 3.36. The molecule has 2 N–H and O–H groups in total. The molecule has 0 bridgehead atoms. The molecule has 9 heteroatoms. The summed E-state index contributed by atoms with van der Waals surface area (Å²) in [6.07, 6.45) is 2.33. The van der Waals surface area contributed by atoms with E-state index in [2.05, 4.69) is 22.9 Å². The van der Waals surface area contributed by atoms with Crippen LogP contribution in [0.2, 0.25) is 0 Å². The van der Waals surface area contributed by atoms with Gasteiger partial charge in [-0.1, -0.05) is 0 Å². The quantitative estimate of drug-likeness (QED) is 0.406. The van der Waals surface area contributed by atoms with Crippen molar-refractivity contribution in [1.29, 1.82) is 0 Å². The van der Waals surface area contributed by atoms with E-state index in [1.807, 2.05) is 81.9 Å². The molecule has 2 atom stereocenters. The van der Waals surface area contributed by atoms with E-state index in [0.29, 0.717) is 9.16 Å². The summed E-state index contributed by atoms with van der Waals surface area (Å²) >= 11 is 13.1. The van der Waals surface area contributed by atoms with Gasteiger partial charge in [-0.25, -0.2) is 0 Å². The Morgan fingerprint density at radius 3 is 1.68 bits per heavy atom. The van der Waals surface area contributed by atoms with E-state index < -0.39 is 0 Å². The number of thioether (sulfide) groups is 6. The minimum absolute atomic E-state index is 0.183. The molecule has 3 rings (SSSR count). The SMILES string of the molecule is OCC1=CSC(CCSc2ccc(SCCC3SC=C(CO)S3)s2)S1. The van der Waals surface area contributed by atoms with Gasteiger partial charge in [-0.05, 0) is 35.8 Å². The molecule has 0 saturated carbocycles. The van der Waals surface area contributed by atoms with Gasteiger partial charge in [0.25, 0.3) is 0 Å². The molecule has 2 aliphatic heterocycles. The molecule has 0 radical (unpaired) electrons. The van der Waals surface area contributed by atoms with Gasteiger partial charge in [0.2, 0.25) is 0 Å². The molecule has 0 aromatic carbocycles. The Kier molecular flexibility index (Phi) is 9.42. The van der Waals surface area contributed by atoms with Gasteiger partial charge < -0.3 is 10.2 Å². The van der Waals surface area contributed by atoms with E-state index in [0.717, 1.165) is 34.2 Å². The van der Waals surface area contributed by atoms with Crippen LogP contribution in [0.3, 0.4) is 0 Å². The Balaban J connectivity index is 1.29. The maximum atomic E-state index is 9.13. The first-order valence-electron chi connectivity index (χ1n) is 7.86. The van der Waals surface area contributed by atoms with Crippen LogP contribution in [0.25, 0.3) is 0 Å². The highest BCUT2D eigenvalue weighted by molar-refractivity contribution is 8.23. The lowest BCUT2D eigenvalue weighted by Crippen LogP contribution is -1.95. The van der Waals surface area contributed by atoms with Crippen LogP contribution in [-0.4, -0.2) is 44.1 Å². The van der Waals surface area contributed by atoms with Gasteiger partial charge in [0, 0.05) is 21.3 Å². The third-order valence-electron chi connectivity index (χ3n) is 3.33. The van der Waals surface area contributed by atoms with Crippen LogP contribution in [0.15, 0.2) is 41.2 Å². The van der Waals surface area contributed by atoms with E-state index in [4.69, 9.17) is 10.2 Å². The topological polar surface area (TPSA) is 40.5 Å². The maximum absolute atomic E-state index is 9.13. The Hall–Kier alpha value is 1.20. The first-order chi connectivity index (χ1) is 12.3. The largest absolute Gasteiger partial charge is 0.391 e. The number of rotatable bonds is 10. The molecule has 2 nitrogen and oxygen atoms in total. The van der Waals surface area contributed by atoms with Gasteiger partial charge in [0.1, 0.15) is 0 Å². The first kappa shape index (κ1) is 20.9. The summed E-state index contributed by atoms with van der Waals surface area (Å²) in [5, 5.41) is 22.5. The summed E-state index contributed by atoms with van der Waals surface area (Å²) in [7, 11) is 0. The fourth-order valence-electron chi connectivity index (χ4n) is 2.13. The first-order valence-corrected chi connectivity index (χ1v) is 14.3. The van der Waals surface area contributed by atoms with Crippen LogP contribution < -0.4 is 0 Å². The van der Waals surface area contributed by atoms with Gasteiger partial charge in [0.15, 0.2) is 0 Å². The molecular formula is C16H20O2S7. The standard InChI is InChI=1S/C16H20O2S7/c17-7-11-9-21-15(23-11)3-5-19-13-1-2-14(25-13)20-6-4-16-22-10-12(8-18)24-16/h1-2,9-10,15-18H,3-8H2. The molecule has 0 amide bonds. The second-order valence-electron chi connectivity index (χ2n) is 5.20. The lowest BCUT2D eigenvalue weighted by Gasteiger charge is -2.07. The molecule has 0 saturated heterocycles. The van der Waals surface area contributed by atoms with Crippen LogP contribution in [0, 0.1) is 0 Å². The minimum Gasteiger partial charge on any atom is -0.391 e. The van der Waals surface area contributed by atoms with Crippen molar-refractivity contribution < 1.29 is 10.2 Å². The highest BCUT2D eigenvalue weighted by atomic mass is 32.2. The number of hydrogen-bond donors (Lipinski definition) is 2. The Bertz CT molecular complexity index is 563. The van der Waals surface area contributed by atoms with Crippen LogP contribution in [-0.2, 0) is 0 Å². The molecule has 2 unspecified atom stereocenters. The van der Waals surface area contributed by atoms with Crippen molar-refractivity contribution in [2.24, 2.45) is 0 Å². The number of aliphatic hydroxyl groups excluding tert-OH is 2. The monoisotopic (exact) mass is 468 g/mol. The van der Waals surface area contributed by atoms with Gasteiger partial charge in [-0.2, -0.15) is 0 Å². The third kappa shape index (κ3) is 6.94. The molecule has 2 aliphatic rings. The Labute approximate surface area is 178 Å². The third-order valence-corrected chi connectivity index (χ3v) is 12.5. The van der Waals surface area contributed by atoms with Crippen molar-refractivity contribution in [2.45, 2.75) is 30.4 Å². The van der Waals surface area contributed by atoms with Gasteiger partial charge in [-0.15, -0.1) is 81.9 Å². The van der Waals surface area contributed by atoms with E-state index in [9.17, 15) is 0 Å². The normalized spacial score (nSPS) is 23.1. The molecule has 3 heterocycles. The molecule has 0 aliphatic carbocycles. The number of thiophene rings is 1. The van der Waals surface area contributed by atoms with Crippen molar-refractivity contribution in [3.63, 3.8) is 0 Å². The Morgan fingerprint density at radius 2 is 1.28 bits per heavy atom. The molecule has 0 fully saturated rings. The zero-order chi connectivity index (χ0) is 17.5. The van der Waals surface area contributed by atoms with Crippen molar-refractivity contribution >= 4 is 81.9 Å². The van der Waals surface area contributed by atoms with Crippen LogP contribution in [0.1, 0.15) is 12.8 Å². The summed E-state index contributed by atoms with van der Waals surface area (Å²) in [5.74, 6) is 2.26. The van der Waals surface area contributed by atoms with E-state index in [-0.39, 0.29) is 13.2 Å². The lowest BCUT2D eigenvalue weighted by molar-refractivity contribution is 0.339. The van der Waals surface area contributed by atoms with E-state index >= 15 is 0 Å². The summed E-state index contributed by atoms with van der Waals surface area (Å²) in [4.78, 5) is 2.21. The predicted octanol–water partition coefficient (Wildman–Crippen LogP) is 5.99. The zero-order valence-corrected chi connectivity index (χ0v) is 19.2. The molecule has 0 spiro atoms. The van der Waals surface area contributed by atoms with Crippen molar-refractivity contribution in [3.05, 3.63) is 32.8 Å². The maximum Gasteiger partial charge on any atom is 0.0746 e. The smallest absolute Gasteiger partial charge is 0.0746 e. The van der Waals surface area contributed by atoms with Crippen molar-refractivity contribution in [1.82, 2.24) is 0 Å². The zero-order valence-electron chi connectivity index (χ0n) is 13.5. The Morgan fingerprint density at radius 1 is 0.800 bits per heavy atom. The van der Waals surface area contributed by atoms with E-state index in [1.165, 1.54) is 8.42 Å². The highest BCUT2D eigenvalue weighted by Crippen LogP contribution is 2.44. The van der Waals surface area contributed by atoms with Gasteiger partial charge in [0.05, 0.1) is 30.8 Å². The fraction of sp³-hybridized carbons (Fsp3) is 0.500. The molecule has 25 heavy (non-hydrogen) atoms. The summed E-state index contributed by atoms with van der Waals surface area (Å²) in [5.41, 5.74) is 0. The molecule has 138 valence electrons. The molecule has 1 aromatic heterocycles. The summed E-state index contributed by atoms with van der Waals surface area (Å²) in [6, 6.07) is 4.49. The summed E-state index contributed by atoms with van der Waals surface area (Å²) < 4.78 is 3.95. The lowest BCUT2D eigenvalue weighted by atomic mass is 10.6. The van der Waals surface area contributed by atoms with Crippen molar-refractivity contribution in [3.8, 4) is 0 Å². The van der Waals surface area contributed by atoms with E-state index in [1.54, 1.807) is 0 Å². The van der Waals surface area contributed by atoms with Crippen LogP contribution >= 0.6 is 81.9 Å². The van der Waals surface area contributed by atoms with Crippen molar-refractivity contribution in [2.75, 3.05) is 24.7 Å². The van der Waals surface area contributed by atoms with Crippen LogP contribution in [0.5, 0.6) is 0 Å². The van der Waals surface area contributed by atoms with Gasteiger partial charge in [-0.3, -0.25) is 0 Å². The fourth-order valence-corrected chi connectivity index (χ4v) is 11.2. The second-order valence-corrected chi connectivity index (χ2v) is 14.5. The predicted molar refractivity (Wildman–Crippen MR) is 123 cm³/mol. The number of hydrogen-bond acceptors (Lipinski definition) is 9. The molecular weight excluding hydrogens is 449 g/mol. The average molecular weight is 469 g/mol. The van der Waals surface area contributed by atoms with Crippen LogP contribution in [0.4, 0.5) is 0 Å². The molecule has 1 aromatic rings. The second kappa shape index (κ2) is 11.3. The summed E-state index contributed by atoms with van der Waals surface area (Å²) in [6.45, 7) is 0.365. The van der Waals surface area contributed by atoms with Gasteiger partial charge >= 0.3 is 0 Å². The highest BCUT2D eigenvalue weighted by Gasteiger charge is 2.19. The minimum atomic E-state index is 0.183.